The van der Waals surface area contributed by atoms with Crippen molar-refractivity contribution < 1.29 is 0 Å². The van der Waals surface area contributed by atoms with Crippen LogP contribution in [0.3, 0.4) is 0 Å². The molecule has 0 saturated carbocycles. The van der Waals surface area contributed by atoms with E-state index in [1.807, 2.05) is 12.4 Å². The normalized spacial score (nSPS) is 13.9. The van der Waals surface area contributed by atoms with Gasteiger partial charge >= 0.3 is 0 Å². The number of rotatable bonds is 1. The zero-order valence-corrected chi connectivity index (χ0v) is 6.88. The van der Waals surface area contributed by atoms with Crippen molar-refractivity contribution >= 4 is 0 Å². The van der Waals surface area contributed by atoms with Crippen LogP contribution in [0, 0.1) is 11.3 Å². The van der Waals surface area contributed by atoms with Gasteiger partial charge in [0.05, 0.1) is 12.5 Å². The summed E-state index contributed by atoms with van der Waals surface area (Å²) in [5.74, 6) is 0. The summed E-state index contributed by atoms with van der Waals surface area (Å²) < 4.78 is 0. The first-order valence-electron chi connectivity index (χ1n) is 4.23. The summed E-state index contributed by atoms with van der Waals surface area (Å²) in [6.45, 7) is 0. The molecule has 1 aliphatic rings. The topological polar surface area (TPSA) is 36.7 Å². The maximum absolute atomic E-state index is 8.57. The number of aromatic nitrogens is 1. The van der Waals surface area contributed by atoms with Crippen LogP contribution in [0.15, 0.2) is 12.4 Å². The molecule has 60 valence electrons. The Bertz CT molecular complexity index is 336. The number of fused-ring (bicyclic) bond motifs is 1. The Morgan fingerprint density at radius 1 is 1.42 bits per heavy atom. The zero-order chi connectivity index (χ0) is 8.39. The van der Waals surface area contributed by atoms with Crippen LogP contribution in [0.1, 0.15) is 23.1 Å². The predicted molar refractivity (Wildman–Crippen MR) is 45.6 cm³/mol. The molecule has 2 rings (SSSR count). The van der Waals surface area contributed by atoms with Gasteiger partial charge in [-0.1, -0.05) is 0 Å². The van der Waals surface area contributed by atoms with Crippen molar-refractivity contribution in [3.05, 3.63) is 29.1 Å². The molecule has 0 radical (unpaired) electrons. The van der Waals surface area contributed by atoms with Gasteiger partial charge in [-0.15, -0.1) is 0 Å². The summed E-state index contributed by atoms with van der Waals surface area (Å²) in [4.78, 5) is 4.12. The average molecular weight is 158 g/mol. The lowest BCUT2D eigenvalue weighted by molar-refractivity contribution is 0.907. The standard InChI is InChI=1S/C10H10N2/c11-5-4-9-7-12-6-8-2-1-3-10(8)9/h6-7H,1-4H2. The van der Waals surface area contributed by atoms with E-state index in [0.29, 0.717) is 6.42 Å². The SMILES string of the molecule is N#CCc1cncc2c1CCC2. The molecule has 0 saturated heterocycles. The first-order valence-corrected chi connectivity index (χ1v) is 4.23. The van der Waals surface area contributed by atoms with Gasteiger partial charge in [-0.25, -0.2) is 0 Å². The molecule has 12 heavy (non-hydrogen) atoms. The van der Waals surface area contributed by atoms with Crippen LogP contribution in [0.2, 0.25) is 0 Å². The Kier molecular flexibility index (Phi) is 1.79. The van der Waals surface area contributed by atoms with E-state index in [0.717, 1.165) is 18.4 Å². The number of nitrogens with zero attached hydrogens (tertiary/aromatic N) is 2. The van der Waals surface area contributed by atoms with E-state index in [9.17, 15) is 0 Å². The molecule has 0 spiro atoms. The molecule has 0 aromatic carbocycles. The van der Waals surface area contributed by atoms with E-state index in [1.54, 1.807) is 0 Å². The Balaban J connectivity index is 2.44. The molecule has 1 aromatic rings. The van der Waals surface area contributed by atoms with Crippen LogP contribution in [0.5, 0.6) is 0 Å². The molecule has 0 amide bonds. The number of pyridine rings is 1. The molecule has 1 heterocycles. The highest BCUT2D eigenvalue weighted by atomic mass is 14.6. The molecule has 0 unspecified atom stereocenters. The minimum Gasteiger partial charge on any atom is -0.264 e. The molecular formula is C10H10N2. The Morgan fingerprint density at radius 3 is 3.17 bits per heavy atom. The lowest BCUT2D eigenvalue weighted by Crippen LogP contribution is -1.93. The minimum atomic E-state index is 0.510. The molecule has 0 bridgehead atoms. The van der Waals surface area contributed by atoms with Crippen LogP contribution >= 0.6 is 0 Å². The molecule has 2 heteroatoms. The van der Waals surface area contributed by atoms with Gasteiger partial charge in [0.15, 0.2) is 0 Å². The predicted octanol–water partition coefficient (Wildman–Crippen LogP) is 1.64. The first kappa shape index (κ1) is 7.30. The lowest BCUT2D eigenvalue weighted by atomic mass is 10.1. The summed E-state index contributed by atoms with van der Waals surface area (Å²) in [7, 11) is 0. The number of nitriles is 1. The second-order valence-corrected chi connectivity index (χ2v) is 3.12. The molecule has 1 aliphatic carbocycles. The largest absolute Gasteiger partial charge is 0.264 e. The van der Waals surface area contributed by atoms with E-state index < -0.39 is 0 Å². The fourth-order valence-corrected chi connectivity index (χ4v) is 1.81. The van der Waals surface area contributed by atoms with Crippen molar-refractivity contribution in [2.45, 2.75) is 25.7 Å². The Labute approximate surface area is 71.9 Å². The highest BCUT2D eigenvalue weighted by Gasteiger charge is 2.14. The van der Waals surface area contributed by atoms with E-state index in [1.165, 1.54) is 17.5 Å². The maximum atomic E-state index is 8.57. The highest BCUT2D eigenvalue weighted by molar-refractivity contribution is 5.36. The Morgan fingerprint density at radius 2 is 2.33 bits per heavy atom. The number of hydrogen-bond donors (Lipinski definition) is 0. The van der Waals surface area contributed by atoms with Crippen LogP contribution in [-0.4, -0.2) is 4.98 Å². The van der Waals surface area contributed by atoms with E-state index in [4.69, 9.17) is 5.26 Å². The van der Waals surface area contributed by atoms with Gasteiger partial charge in [-0.2, -0.15) is 5.26 Å². The van der Waals surface area contributed by atoms with E-state index >= 15 is 0 Å². The first-order chi connectivity index (χ1) is 5.92. The highest BCUT2D eigenvalue weighted by Crippen LogP contribution is 2.24. The van der Waals surface area contributed by atoms with Gasteiger partial charge < -0.3 is 0 Å². The number of hydrogen-bond acceptors (Lipinski definition) is 2. The van der Waals surface area contributed by atoms with E-state index in [2.05, 4.69) is 11.1 Å². The van der Waals surface area contributed by atoms with Crippen molar-refractivity contribution in [2.75, 3.05) is 0 Å². The lowest BCUT2D eigenvalue weighted by Gasteiger charge is -2.02. The fourth-order valence-electron chi connectivity index (χ4n) is 1.81. The third-order valence-electron chi connectivity index (χ3n) is 2.38. The monoisotopic (exact) mass is 158 g/mol. The second-order valence-electron chi connectivity index (χ2n) is 3.12. The van der Waals surface area contributed by atoms with Gasteiger partial charge in [-0.05, 0) is 36.0 Å². The minimum absolute atomic E-state index is 0.510. The molecule has 1 aromatic heterocycles. The summed E-state index contributed by atoms with van der Waals surface area (Å²) in [6.07, 6.45) is 7.77. The van der Waals surface area contributed by atoms with Gasteiger partial charge in [0.25, 0.3) is 0 Å². The molecule has 0 aliphatic heterocycles. The summed E-state index contributed by atoms with van der Waals surface area (Å²) >= 11 is 0. The van der Waals surface area contributed by atoms with Crippen LogP contribution < -0.4 is 0 Å². The van der Waals surface area contributed by atoms with Crippen LogP contribution in [-0.2, 0) is 19.3 Å². The zero-order valence-electron chi connectivity index (χ0n) is 6.88. The van der Waals surface area contributed by atoms with E-state index in [-0.39, 0.29) is 0 Å². The smallest absolute Gasteiger partial charge is 0.0670 e. The molecule has 2 nitrogen and oxygen atoms in total. The average Bonchev–Trinajstić information content (AvgIpc) is 2.53. The Hall–Kier alpha value is -1.36. The second kappa shape index (κ2) is 2.94. The quantitative estimate of drug-likeness (QED) is 0.623. The summed E-state index contributed by atoms with van der Waals surface area (Å²) in [5, 5.41) is 8.57. The molecule has 0 atom stereocenters. The third-order valence-corrected chi connectivity index (χ3v) is 2.38. The fraction of sp³-hybridized carbons (Fsp3) is 0.400. The van der Waals surface area contributed by atoms with Crippen LogP contribution in [0.25, 0.3) is 0 Å². The van der Waals surface area contributed by atoms with Crippen molar-refractivity contribution in [3.8, 4) is 6.07 Å². The van der Waals surface area contributed by atoms with Crippen molar-refractivity contribution in [1.82, 2.24) is 4.98 Å². The summed E-state index contributed by atoms with van der Waals surface area (Å²) in [6, 6.07) is 2.17. The number of aryl methyl sites for hydroxylation is 1. The third kappa shape index (κ3) is 1.08. The van der Waals surface area contributed by atoms with Gasteiger partial charge in [0.1, 0.15) is 0 Å². The van der Waals surface area contributed by atoms with Gasteiger partial charge in [-0.3, -0.25) is 4.98 Å². The molecule has 0 fully saturated rings. The van der Waals surface area contributed by atoms with Gasteiger partial charge in [0, 0.05) is 12.4 Å². The summed E-state index contributed by atoms with van der Waals surface area (Å²) in [5.41, 5.74) is 3.86. The van der Waals surface area contributed by atoms with Crippen molar-refractivity contribution in [3.63, 3.8) is 0 Å². The molecule has 0 N–H and O–H groups in total. The maximum Gasteiger partial charge on any atom is 0.0670 e. The van der Waals surface area contributed by atoms with Crippen LogP contribution in [0.4, 0.5) is 0 Å². The molecular weight excluding hydrogens is 148 g/mol. The van der Waals surface area contributed by atoms with Crippen molar-refractivity contribution in [1.29, 1.82) is 5.26 Å². The van der Waals surface area contributed by atoms with Gasteiger partial charge in [0.2, 0.25) is 0 Å². The van der Waals surface area contributed by atoms with Crippen molar-refractivity contribution in [2.24, 2.45) is 0 Å².